The number of carboxylic acids is 1. The van der Waals surface area contributed by atoms with Gasteiger partial charge in [-0.25, -0.2) is 4.79 Å². The zero-order valence-corrected chi connectivity index (χ0v) is 11.2. The van der Waals surface area contributed by atoms with E-state index in [1.807, 2.05) is 18.2 Å². The molecule has 0 amide bonds. The molecule has 0 aliphatic heterocycles. The van der Waals surface area contributed by atoms with Gasteiger partial charge < -0.3 is 9.84 Å². The topological polar surface area (TPSA) is 46.5 Å². The Balaban J connectivity index is 0.00000162. The van der Waals surface area contributed by atoms with Crippen LogP contribution >= 0.6 is 15.9 Å². The van der Waals surface area contributed by atoms with E-state index in [4.69, 9.17) is 9.84 Å². The van der Waals surface area contributed by atoms with Gasteiger partial charge in [-0.2, -0.15) is 0 Å². The molecule has 5 heteroatoms. The Kier molecular flexibility index (Phi) is 6.18. The molecule has 1 aromatic rings. The predicted molar refractivity (Wildman–Crippen MR) is 75.6 cm³/mol. The number of carboxylic acid groups (broad SMARTS) is 1. The third-order valence-electron chi connectivity index (χ3n) is 3.17. The van der Waals surface area contributed by atoms with Gasteiger partial charge in [0.05, 0.1) is 0 Å². The quantitative estimate of drug-likeness (QED) is 0.867. The Hall–Kier alpha value is -0.0300. The van der Waals surface area contributed by atoms with E-state index in [9.17, 15) is 4.79 Å². The van der Waals surface area contributed by atoms with Crippen LogP contribution in [0.3, 0.4) is 0 Å². The van der Waals surface area contributed by atoms with Crippen molar-refractivity contribution in [2.45, 2.75) is 38.2 Å². The minimum absolute atomic E-state index is 0. The molecule has 0 bridgehead atoms. The van der Waals surface area contributed by atoms with Gasteiger partial charge in [0.1, 0.15) is 5.75 Å². The second-order valence-electron chi connectivity index (χ2n) is 4.41. The van der Waals surface area contributed by atoms with Crippen molar-refractivity contribution in [2.75, 3.05) is 0 Å². The molecule has 1 aliphatic rings. The first-order valence-electron chi connectivity index (χ1n) is 5.77. The number of halogens is 1. The van der Waals surface area contributed by atoms with Gasteiger partial charge >= 0.3 is 35.5 Å². The summed E-state index contributed by atoms with van der Waals surface area (Å²) in [5.74, 6) is 0.281. The van der Waals surface area contributed by atoms with Gasteiger partial charge in [0.25, 0.3) is 0 Å². The normalized spacial score (nSPS) is 16.3. The molecule has 0 unspecified atom stereocenters. The van der Waals surface area contributed by atoms with Crippen molar-refractivity contribution in [3.05, 3.63) is 28.2 Å². The summed E-state index contributed by atoms with van der Waals surface area (Å²) in [4.78, 5) is 10.8. The molecule has 0 radical (unpaired) electrons. The zero-order chi connectivity index (χ0) is 12.4. The number of carbonyl (C=O) groups is 1. The van der Waals surface area contributed by atoms with Gasteiger partial charge in [-0.3, -0.25) is 0 Å². The summed E-state index contributed by atoms with van der Waals surface area (Å²) >= 11 is 3.44. The molecule has 94 valence electrons. The zero-order valence-electron chi connectivity index (χ0n) is 9.65. The van der Waals surface area contributed by atoms with Crippen LogP contribution in [0.4, 0.5) is 0 Å². The van der Waals surface area contributed by atoms with E-state index in [1.54, 1.807) is 6.92 Å². The standard InChI is InChI=1S/C13H15BrO3.Na.H/c1-8(13(15)16)17-12-6-5-10(14)7-11(12)9-3-2-4-9;;/h5-9H,2-4H2,1H3,(H,15,16);;/t8-;;/m0../s1. The Labute approximate surface area is 137 Å². The predicted octanol–water partition coefficient (Wildman–Crippen LogP) is 2.92. The summed E-state index contributed by atoms with van der Waals surface area (Å²) in [5, 5.41) is 8.86. The molecule has 18 heavy (non-hydrogen) atoms. The molecule has 1 aromatic carbocycles. The first kappa shape index (κ1) is 16.0. The van der Waals surface area contributed by atoms with E-state index >= 15 is 0 Å². The van der Waals surface area contributed by atoms with Gasteiger partial charge in [0.15, 0.2) is 6.10 Å². The van der Waals surface area contributed by atoms with Crippen molar-refractivity contribution in [1.82, 2.24) is 0 Å². The molecule has 1 atom stereocenters. The summed E-state index contributed by atoms with van der Waals surface area (Å²) in [6.45, 7) is 1.55. The number of hydrogen-bond acceptors (Lipinski definition) is 2. The van der Waals surface area contributed by atoms with E-state index in [1.165, 1.54) is 6.42 Å². The fraction of sp³-hybridized carbons (Fsp3) is 0.462. The van der Waals surface area contributed by atoms with Crippen LogP contribution in [-0.4, -0.2) is 46.7 Å². The molecule has 0 spiro atoms. The van der Waals surface area contributed by atoms with Crippen molar-refractivity contribution in [2.24, 2.45) is 0 Å². The van der Waals surface area contributed by atoms with E-state index in [-0.39, 0.29) is 29.6 Å². The van der Waals surface area contributed by atoms with Gasteiger partial charge in [-0.1, -0.05) is 22.4 Å². The Morgan fingerprint density at radius 1 is 1.50 bits per heavy atom. The first-order valence-corrected chi connectivity index (χ1v) is 6.56. The van der Waals surface area contributed by atoms with Gasteiger partial charge in [-0.05, 0) is 49.4 Å². The molecule has 1 aliphatic carbocycles. The minimum atomic E-state index is -0.938. The summed E-state index contributed by atoms with van der Waals surface area (Å²) in [6, 6.07) is 5.76. The van der Waals surface area contributed by atoms with Crippen LogP contribution in [0, 0.1) is 0 Å². The summed E-state index contributed by atoms with van der Waals surface area (Å²) in [7, 11) is 0. The monoisotopic (exact) mass is 322 g/mol. The van der Waals surface area contributed by atoms with Crippen LogP contribution in [0.1, 0.15) is 37.7 Å². The maximum atomic E-state index is 10.8. The molecule has 2 rings (SSSR count). The Morgan fingerprint density at radius 3 is 2.67 bits per heavy atom. The number of ether oxygens (including phenoxy) is 1. The number of benzene rings is 1. The molecule has 1 saturated carbocycles. The Bertz CT molecular complexity index is 432. The second-order valence-corrected chi connectivity index (χ2v) is 5.32. The average molecular weight is 323 g/mol. The summed E-state index contributed by atoms with van der Waals surface area (Å²) in [6.07, 6.45) is 2.75. The van der Waals surface area contributed by atoms with Crippen molar-refractivity contribution in [3.63, 3.8) is 0 Å². The van der Waals surface area contributed by atoms with E-state index in [2.05, 4.69) is 15.9 Å². The average Bonchev–Trinajstić information content (AvgIpc) is 2.19. The van der Waals surface area contributed by atoms with Crippen LogP contribution in [-0.2, 0) is 4.79 Å². The number of rotatable bonds is 4. The number of hydrogen-bond donors (Lipinski definition) is 1. The SMILES string of the molecule is C[C@H](Oc1ccc(Br)cc1C1CCC1)C(=O)O.[NaH]. The van der Waals surface area contributed by atoms with Crippen molar-refractivity contribution in [3.8, 4) is 5.75 Å². The summed E-state index contributed by atoms with van der Waals surface area (Å²) < 4.78 is 6.51. The molecule has 0 heterocycles. The van der Waals surface area contributed by atoms with Gasteiger partial charge in [0, 0.05) is 4.47 Å². The van der Waals surface area contributed by atoms with Crippen LogP contribution in [0.25, 0.3) is 0 Å². The third-order valence-corrected chi connectivity index (χ3v) is 3.66. The maximum absolute atomic E-state index is 10.8. The van der Waals surface area contributed by atoms with Crippen LogP contribution in [0.15, 0.2) is 22.7 Å². The van der Waals surface area contributed by atoms with E-state index in [0.717, 1.165) is 22.9 Å². The van der Waals surface area contributed by atoms with Crippen molar-refractivity contribution < 1.29 is 14.6 Å². The third kappa shape index (κ3) is 3.73. The molecule has 1 fully saturated rings. The Morgan fingerprint density at radius 2 is 2.17 bits per heavy atom. The van der Waals surface area contributed by atoms with E-state index < -0.39 is 12.1 Å². The molecular weight excluding hydrogens is 307 g/mol. The molecule has 0 aromatic heterocycles. The van der Waals surface area contributed by atoms with E-state index in [0.29, 0.717) is 11.7 Å². The molecule has 3 nitrogen and oxygen atoms in total. The fourth-order valence-electron chi connectivity index (χ4n) is 1.91. The van der Waals surface area contributed by atoms with Crippen LogP contribution in [0.2, 0.25) is 0 Å². The van der Waals surface area contributed by atoms with Crippen LogP contribution in [0.5, 0.6) is 5.75 Å². The first-order chi connectivity index (χ1) is 8.08. The van der Waals surface area contributed by atoms with Crippen molar-refractivity contribution >= 4 is 51.5 Å². The molecular formula is C13H16BrNaO3. The second kappa shape index (κ2) is 6.94. The molecule has 0 saturated heterocycles. The summed E-state index contributed by atoms with van der Waals surface area (Å²) in [5.41, 5.74) is 1.12. The van der Waals surface area contributed by atoms with Gasteiger partial charge in [-0.15, -0.1) is 0 Å². The van der Waals surface area contributed by atoms with Crippen LogP contribution < -0.4 is 4.74 Å². The van der Waals surface area contributed by atoms with Gasteiger partial charge in [0.2, 0.25) is 0 Å². The molecule has 1 N–H and O–H groups in total. The number of aliphatic carboxylic acids is 1. The van der Waals surface area contributed by atoms with Crippen molar-refractivity contribution in [1.29, 1.82) is 0 Å². The fourth-order valence-corrected chi connectivity index (χ4v) is 2.28.